The van der Waals surface area contributed by atoms with E-state index in [-0.39, 0.29) is 12.0 Å². The molecular formula is C10H23NO3S. The van der Waals surface area contributed by atoms with Gasteiger partial charge in [-0.3, -0.25) is 0 Å². The Balaban J connectivity index is 4.41. The molecule has 0 aromatic rings. The molecule has 0 fully saturated rings. The summed E-state index contributed by atoms with van der Waals surface area (Å²) in [6.07, 6.45) is 0. The summed E-state index contributed by atoms with van der Waals surface area (Å²) in [6.45, 7) is 10.2. The number of hydrogen-bond acceptors (Lipinski definition) is 3. The van der Waals surface area contributed by atoms with Crippen LogP contribution in [0.1, 0.15) is 34.6 Å². The molecule has 0 aliphatic rings. The molecule has 0 spiro atoms. The smallest absolute Gasteiger partial charge is 0.214 e. The van der Waals surface area contributed by atoms with Crippen LogP contribution in [0.5, 0.6) is 0 Å². The first-order valence-electron chi connectivity index (χ1n) is 5.40. The number of ether oxygens (including phenoxy) is 1. The molecule has 0 radical (unpaired) electrons. The molecule has 1 unspecified atom stereocenters. The molecule has 4 nitrogen and oxygen atoms in total. The summed E-state index contributed by atoms with van der Waals surface area (Å²) in [5.74, 6) is 0.227. The van der Waals surface area contributed by atoms with E-state index >= 15 is 0 Å². The van der Waals surface area contributed by atoms with E-state index in [1.54, 1.807) is 13.8 Å². The molecule has 0 bridgehead atoms. The van der Waals surface area contributed by atoms with Gasteiger partial charge in [0.05, 0.1) is 11.9 Å². The largest absolute Gasteiger partial charge is 0.380 e. The maximum Gasteiger partial charge on any atom is 0.214 e. The van der Waals surface area contributed by atoms with Crippen LogP contribution in [0.15, 0.2) is 0 Å². The van der Waals surface area contributed by atoms with Gasteiger partial charge in [-0.25, -0.2) is 13.1 Å². The fraction of sp³-hybridized carbons (Fsp3) is 1.00. The van der Waals surface area contributed by atoms with Gasteiger partial charge in [0.2, 0.25) is 10.0 Å². The van der Waals surface area contributed by atoms with Gasteiger partial charge in [0.15, 0.2) is 0 Å². The van der Waals surface area contributed by atoms with Crippen molar-refractivity contribution in [2.24, 2.45) is 5.92 Å². The van der Waals surface area contributed by atoms with Crippen molar-refractivity contribution in [3.8, 4) is 0 Å². The van der Waals surface area contributed by atoms with Gasteiger partial charge in [-0.15, -0.1) is 0 Å². The lowest BCUT2D eigenvalue weighted by atomic mass is 10.1. The highest BCUT2D eigenvalue weighted by atomic mass is 32.2. The van der Waals surface area contributed by atoms with Gasteiger partial charge in [-0.1, -0.05) is 13.8 Å². The quantitative estimate of drug-likeness (QED) is 0.727. The number of nitrogens with one attached hydrogen (secondary N) is 1. The van der Waals surface area contributed by atoms with Crippen molar-refractivity contribution in [2.75, 3.05) is 13.2 Å². The van der Waals surface area contributed by atoms with Gasteiger partial charge in [0.25, 0.3) is 0 Å². The Morgan fingerprint density at radius 3 is 2.07 bits per heavy atom. The van der Waals surface area contributed by atoms with Crippen molar-refractivity contribution in [2.45, 2.75) is 45.9 Å². The highest BCUT2D eigenvalue weighted by molar-refractivity contribution is 7.90. The first-order chi connectivity index (χ1) is 6.81. The molecule has 15 heavy (non-hydrogen) atoms. The summed E-state index contributed by atoms with van der Waals surface area (Å²) in [4.78, 5) is 0. The molecule has 0 saturated carbocycles. The van der Waals surface area contributed by atoms with Crippen LogP contribution in [0, 0.1) is 5.92 Å². The van der Waals surface area contributed by atoms with E-state index in [0.29, 0.717) is 13.2 Å². The summed E-state index contributed by atoms with van der Waals surface area (Å²) in [6, 6.07) is -0.141. The van der Waals surface area contributed by atoms with Crippen LogP contribution in [0.25, 0.3) is 0 Å². The Morgan fingerprint density at radius 1 is 1.20 bits per heavy atom. The molecule has 0 amide bonds. The fourth-order valence-electron chi connectivity index (χ4n) is 0.954. The van der Waals surface area contributed by atoms with Gasteiger partial charge in [-0.2, -0.15) is 0 Å². The average Bonchev–Trinajstić information content (AvgIpc) is 2.11. The average molecular weight is 237 g/mol. The van der Waals surface area contributed by atoms with Crippen LogP contribution in [-0.4, -0.2) is 32.9 Å². The van der Waals surface area contributed by atoms with E-state index in [9.17, 15) is 8.42 Å². The molecule has 92 valence electrons. The zero-order valence-corrected chi connectivity index (χ0v) is 11.1. The fourth-order valence-corrected chi connectivity index (χ4v) is 1.99. The molecule has 0 aromatic heterocycles. The van der Waals surface area contributed by atoms with Crippen molar-refractivity contribution in [3.63, 3.8) is 0 Å². The molecule has 1 atom stereocenters. The van der Waals surface area contributed by atoms with Gasteiger partial charge < -0.3 is 4.74 Å². The molecule has 0 saturated heterocycles. The van der Waals surface area contributed by atoms with Crippen LogP contribution >= 0.6 is 0 Å². The highest BCUT2D eigenvalue weighted by Crippen LogP contribution is 2.06. The lowest BCUT2D eigenvalue weighted by Crippen LogP contribution is -2.44. The monoisotopic (exact) mass is 237 g/mol. The third-order valence-corrected chi connectivity index (χ3v) is 4.12. The maximum absolute atomic E-state index is 11.6. The molecule has 0 rings (SSSR count). The third kappa shape index (κ3) is 5.49. The predicted molar refractivity (Wildman–Crippen MR) is 62.3 cm³/mol. The van der Waals surface area contributed by atoms with E-state index in [1.165, 1.54) is 0 Å². The highest BCUT2D eigenvalue weighted by Gasteiger charge is 2.23. The molecule has 5 heteroatoms. The molecular weight excluding hydrogens is 214 g/mol. The Kier molecular flexibility index (Phi) is 6.40. The van der Waals surface area contributed by atoms with Crippen LogP contribution in [0.2, 0.25) is 0 Å². The lowest BCUT2D eigenvalue weighted by Gasteiger charge is -2.23. The Hall–Kier alpha value is -0.130. The van der Waals surface area contributed by atoms with Gasteiger partial charge in [-0.05, 0) is 26.7 Å². The van der Waals surface area contributed by atoms with Gasteiger partial charge in [0.1, 0.15) is 0 Å². The lowest BCUT2D eigenvalue weighted by molar-refractivity contribution is 0.116. The first kappa shape index (κ1) is 14.9. The Labute approximate surface area is 93.4 Å². The standard InChI is InChI=1S/C10H23NO3S/c1-6-14-7-10(8(2)3)11-15(12,13)9(4)5/h8-11H,6-7H2,1-5H3. The Bertz CT molecular complexity index is 260. The normalized spacial score (nSPS) is 14.9. The molecule has 0 heterocycles. The van der Waals surface area contributed by atoms with Gasteiger partial charge in [0, 0.05) is 12.6 Å². The minimum Gasteiger partial charge on any atom is -0.380 e. The van der Waals surface area contributed by atoms with Crippen LogP contribution < -0.4 is 4.72 Å². The van der Waals surface area contributed by atoms with Crippen molar-refractivity contribution >= 4 is 10.0 Å². The number of hydrogen-bond donors (Lipinski definition) is 1. The summed E-state index contributed by atoms with van der Waals surface area (Å²) in [7, 11) is -3.20. The second kappa shape index (κ2) is 6.45. The van der Waals surface area contributed by atoms with E-state index in [4.69, 9.17) is 4.74 Å². The summed E-state index contributed by atoms with van der Waals surface area (Å²) in [5, 5.41) is -0.402. The number of sulfonamides is 1. The predicted octanol–water partition coefficient (Wildman–Crippen LogP) is 1.38. The van der Waals surface area contributed by atoms with Crippen molar-refractivity contribution in [1.82, 2.24) is 4.72 Å². The summed E-state index contributed by atoms with van der Waals surface area (Å²) >= 11 is 0. The minimum absolute atomic E-state index is 0.141. The molecule has 1 N–H and O–H groups in total. The maximum atomic E-state index is 11.6. The molecule has 0 aromatic carbocycles. The molecule has 0 aliphatic heterocycles. The second-order valence-electron chi connectivity index (χ2n) is 4.22. The van der Waals surface area contributed by atoms with Gasteiger partial charge >= 0.3 is 0 Å². The topological polar surface area (TPSA) is 55.4 Å². The number of rotatable bonds is 7. The van der Waals surface area contributed by atoms with Crippen LogP contribution in [0.3, 0.4) is 0 Å². The zero-order valence-electron chi connectivity index (χ0n) is 10.3. The minimum atomic E-state index is -3.20. The van der Waals surface area contributed by atoms with Crippen LogP contribution in [0.4, 0.5) is 0 Å². The van der Waals surface area contributed by atoms with E-state index < -0.39 is 15.3 Å². The second-order valence-corrected chi connectivity index (χ2v) is 6.49. The van der Waals surface area contributed by atoms with Crippen LogP contribution in [-0.2, 0) is 14.8 Å². The van der Waals surface area contributed by atoms with E-state index in [0.717, 1.165) is 0 Å². The van der Waals surface area contributed by atoms with E-state index in [2.05, 4.69) is 4.72 Å². The first-order valence-corrected chi connectivity index (χ1v) is 6.94. The SMILES string of the molecule is CCOCC(NS(=O)(=O)C(C)C)C(C)C. The van der Waals surface area contributed by atoms with Crippen molar-refractivity contribution in [1.29, 1.82) is 0 Å². The summed E-state index contributed by atoms with van der Waals surface area (Å²) < 4.78 is 31.2. The van der Waals surface area contributed by atoms with Crippen molar-refractivity contribution < 1.29 is 13.2 Å². The van der Waals surface area contributed by atoms with Crippen molar-refractivity contribution in [3.05, 3.63) is 0 Å². The Morgan fingerprint density at radius 2 is 1.73 bits per heavy atom. The molecule has 0 aliphatic carbocycles. The van der Waals surface area contributed by atoms with E-state index in [1.807, 2.05) is 20.8 Å². The summed E-state index contributed by atoms with van der Waals surface area (Å²) in [5.41, 5.74) is 0. The third-order valence-electron chi connectivity index (χ3n) is 2.24. The zero-order chi connectivity index (χ0) is 12.1.